The summed E-state index contributed by atoms with van der Waals surface area (Å²) in [5.41, 5.74) is 1.83. The first kappa shape index (κ1) is 14.4. The van der Waals surface area contributed by atoms with Crippen LogP contribution in [0.4, 0.5) is 5.82 Å². The maximum Gasteiger partial charge on any atom is 0.306 e. The SMILES string of the molecule is Cc1cc(N2CCC(C(=O)O)CC2)nc(-c2ccncc2)n1. The molecule has 0 aliphatic carbocycles. The summed E-state index contributed by atoms with van der Waals surface area (Å²) in [5, 5.41) is 9.08. The van der Waals surface area contributed by atoms with E-state index in [1.165, 1.54) is 0 Å². The number of carbonyl (C=O) groups is 1. The number of pyridine rings is 1. The number of anilines is 1. The number of hydrogen-bond acceptors (Lipinski definition) is 5. The summed E-state index contributed by atoms with van der Waals surface area (Å²) in [4.78, 5) is 26.3. The summed E-state index contributed by atoms with van der Waals surface area (Å²) >= 11 is 0. The maximum atomic E-state index is 11.0. The topological polar surface area (TPSA) is 79.2 Å². The molecule has 6 nitrogen and oxygen atoms in total. The second-order valence-corrected chi connectivity index (χ2v) is 5.53. The Balaban J connectivity index is 1.83. The third kappa shape index (κ3) is 3.05. The quantitative estimate of drug-likeness (QED) is 0.935. The van der Waals surface area contributed by atoms with E-state index < -0.39 is 5.97 Å². The second-order valence-electron chi connectivity index (χ2n) is 5.53. The summed E-state index contributed by atoms with van der Waals surface area (Å²) in [6.07, 6.45) is 4.75. The average Bonchev–Trinajstić information content (AvgIpc) is 2.55. The predicted molar refractivity (Wildman–Crippen MR) is 82.6 cm³/mol. The van der Waals surface area contributed by atoms with Gasteiger partial charge in [0.05, 0.1) is 5.92 Å². The highest BCUT2D eigenvalue weighted by Crippen LogP contribution is 2.24. The van der Waals surface area contributed by atoms with Gasteiger partial charge in [0.2, 0.25) is 0 Å². The van der Waals surface area contributed by atoms with Gasteiger partial charge in [-0.2, -0.15) is 0 Å². The van der Waals surface area contributed by atoms with Crippen molar-refractivity contribution in [1.29, 1.82) is 0 Å². The number of carboxylic acid groups (broad SMARTS) is 1. The Labute approximate surface area is 128 Å². The third-order valence-corrected chi connectivity index (χ3v) is 3.95. The summed E-state index contributed by atoms with van der Waals surface area (Å²) in [6.45, 7) is 3.37. The number of aliphatic carboxylic acids is 1. The minimum atomic E-state index is -0.698. The molecule has 2 aromatic rings. The van der Waals surface area contributed by atoms with Gasteiger partial charge in [-0.3, -0.25) is 9.78 Å². The molecule has 0 spiro atoms. The zero-order valence-corrected chi connectivity index (χ0v) is 12.4. The fourth-order valence-corrected chi connectivity index (χ4v) is 2.70. The molecule has 0 unspecified atom stereocenters. The van der Waals surface area contributed by atoms with Gasteiger partial charge < -0.3 is 10.0 Å². The minimum absolute atomic E-state index is 0.237. The van der Waals surface area contributed by atoms with Crippen LogP contribution < -0.4 is 4.90 Å². The van der Waals surface area contributed by atoms with E-state index in [2.05, 4.69) is 19.9 Å². The minimum Gasteiger partial charge on any atom is -0.481 e. The molecule has 0 amide bonds. The van der Waals surface area contributed by atoms with Crippen LogP contribution in [0.3, 0.4) is 0 Å². The maximum absolute atomic E-state index is 11.0. The lowest BCUT2D eigenvalue weighted by molar-refractivity contribution is -0.142. The van der Waals surface area contributed by atoms with Crippen molar-refractivity contribution in [3.8, 4) is 11.4 Å². The molecule has 0 saturated carbocycles. The zero-order chi connectivity index (χ0) is 15.5. The lowest BCUT2D eigenvalue weighted by Gasteiger charge is -2.31. The van der Waals surface area contributed by atoms with Crippen molar-refractivity contribution in [3.05, 3.63) is 36.3 Å². The molecular weight excluding hydrogens is 280 g/mol. The zero-order valence-electron chi connectivity index (χ0n) is 12.4. The van der Waals surface area contributed by atoms with Crippen LogP contribution >= 0.6 is 0 Å². The molecular formula is C16H18N4O2. The van der Waals surface area contributed by atoms with Crippen LogP contribution in [0, 0.1) is 12.8 Å². The van der Waals surface area contributed by atoms with E-state index in [-0.39, 0.29) is 5.92 Å². The largest absolute Gasteiger partial charge is 0.481 e. The Kier molecular flexibility index (Phi) is 4.00. The molecule has 3 heterocycles. The average molecular weight is 298 g/mol. The van der Waals surface area contributed by atoms with Gasteiger partial charge in [-0.1, -0.05) is 0 Å². The van der Waals surface area contributed by atoms with Crippen LogP contribution in [-0.4, -0.2) is 39.1 Å². The molecule has 0 radical (unpaired) electrons. The molecule has 0 aromatic carbocycles. The van der Waals surface area contributed by atoms with Gasteiger partial charge in [-0.05, 0) is 31.9 Å². The standard InChI is InChI=1S/C16H18N4O2/c1-11-10-14(20-8-4-13(5-9-20)16(21)22)19-15(18-11)12-2-6-17-7-3-12/h2-3,6-7,10,13H,4-5,8-9H2,1H3,(H,21,22). The van der Waals surface area contributed by atoms with Crippen molar-refractivity contribution < 1.29 is 9.90 Å². The van der Waals surface area contributed by atoms with Crippen LogP contribution in [-0.2, 0) is 4.79 Å². The van der Waals surface area contributed by atoms with Gasteiger partial charge in [0.15, 0.2) is 5.82 Å². The highest BCUT2D eigenvalue weighted by atomic mass is 16.4. The first-order valence-electron chi connectivity index (χ1n) is 7.37. The van der Waals surface area contributed by atoms with E-state index in [4.69, 9.17) is 5.11 Å². The van der Waals surface area contributed by atoms with Crippen molar-refractivity contribution in [2.75, 3.05) is 18.0 Å². The summed E-state index contributed by atoms with van der Waals surface area (Å²) < 4.78 is 0. The lowest BCUT2D eigenvalue weighted by atomic mass is 9.97. The lowest BCUT2D eigenvalue weighted by Crippen LogP contribution is -2.36. The molecule has 0 atom stereocenters. The molecule has 114 valence electrons. The second kappa shape index (κ2) is 6.09. The molecule has 1 aliphatic heterocycles. The van der Waals surface area contributed by atoms with Gasteiger partial charge in [0.1, 0.15) is 5.82 Å². The first-order valence-corrected chi connectivity index (χ1v) is 7.37. The molecule has 2 aromatic heterocycles. The molecule has 1 saturated heterocycles. The van der Waals surface area contributed by atoms with E-state index >= 15 is 0 Å². The van der Waals surface area contributed by atoms with E-state index in [1.807, 2.05) is 25.1 Å². The molecule has 3 rings (SSSR count). The number of hydrogen-bond donors (Lipinski definition) is 1. The van der Waals surface area contributed by atoms with Gasteiger partial charge in [0.25, 0.3) is 0 Å². The monoisotopic (exact) mass is 298 g/mol. The Morgan fingerprint density at radius 2 is 1.91 bits per heavy atom. The Hall–Kier alpha value is -2.50. The van der Waals surface area contributed by atoms with E-state index in [9.17, 15) is 4.79 Å². The smallest absolute Gasteiger partial charge is 0.306 e. The molecule has 1 fully saturated rings. The van der Waals surface area contributed by atoms with E-state index in [1.54, 1.807) is 12.4 Å². The summed E-state index contributed by atoms with van der Waals surface area (Å²) in [6, 6.07) is 5.72. The summed E-state index contributed by atoms with van der Waals surface area (Å²) in [7, 11) is 0. The number of rotatable bonds is 3. The van der Waals surface area contributed by atoms with Gasteiger partial charge in [-0.25, -0.2) is 9.97 Å². The number of aryl methyl sites for hydroxylation is 1. The van der Waals surface area contributed by atoms with Crippen LogP contribution in [0.5, 0.6) is 0 Å². The van der Waals surface area contributed by atoms with Crippen LogP contribution in [0.15, 0.2) is 30.6 Å². The number of piperidine rings is 1. The fourth-order valence-electron chi connectivity index (χ4n) is 2.70. The van der Waals surface area contributed by atoms with Gasteiger partial charge >= 0.3 is 5.97 Å². The molecule has 0 bridgehead atoms. The van der Waals surface area contributed by atoms with Crippen LogP contribution in [0.25, 0.3) is 11.4 Å². The van der Waals surface area contributed by atoms with Crippen molar-refractivity contribution in [2.45, 2.75) is 19.8 Å². The fraction of sp³-hybridized carbons (Fsp3) is 0.375. The Morgan fingerprint density at radius 1 is 1.23 bits per heavy atom. The third-order valence-electron chi connectivity index (χ3n) is 3.95. The molecule has 6 heteroatoms. The van der Waals surface area contributed by atoms with Crippen molar-refractivity contribution >= 4 is 11.8 Å². The van der Waals surface area contributed by atoms with E-state index in [0.29, 0.717) is 31.8 Å². The highest BCUT2D eigenvalue weighted by Gasteiger charge is 2.25. The van der Waals surface area contributed by atoms with E-state index in [0.717, 1.165) is 17.1 Å². The van der Waals surface area contributed by atoms with Crippen LogP contribution in [0.1, 0.15) is 18.5 Å². The normalized spacial score (nSPS) is 15.8. The van der Waals surface area contributed by atoms with Gasteiger partial charge in [-0.15, -0.1) is 0 Å². The van der Waals surface area contributed by atoms with Gasteiger partial charge in [0, 0.05) is 42.8 Å². The predicted octanol–water partition coefficient (Wildman–Crippen LogP) is 2.15. The van der Waals surface area contributed by atoms with Crippen LogP contribution in [0.2, 0.25) is 0 Å². The molecule has 22 heavy (non-hydrogen) atoms. The van der Waals surface area contributed by atoms with Crippen molar-refractivity contribution in [2.24, 2.45) is 5.92 Å². The summed E-state index contributed by atoms with van der Waals surface area (Å²) in [5.74, 6) is 0.607. The Morgan fingerprint density at radius 3 is 2.55 bits per heavy atom. The number of carboxylic acids is 1. The first-order chi connectivity index (χ1) is 10.6. The molecule has 1 N–H and O–H groups in total. The Bertz CT molecular complexity index is 667. The number of nitrogens with zero attached hydrogens (tertiary/aromatic N) is 4. The highest BCUT2D eigenvalue weighted by molar-refractivity contribution is 5.70. The van der Waals surface area contributed by atoms with Crippen molar-refractivity contribution in [3.63, 3.8) is 0 Å². The van der Waals surface area contributed by atoms with Crippen molar-refractivity contribution in [1.82, 2.24) is 15.0 Å². The number of aromatic nitrogens is 3. The molecule has 1 aliphatic rings.